The minimum Gasteiger partial charge on any atom is -0.339 e. The fourth-order valence-corrected chi connectivity index (χ4v) is 5.39. The van der Waals surface area contributed by atoms with Gasteiger partial charge >= 0.3 is 0 Å². The molecule has 2 aromatic rings. The molecule has 7 nitrogen and oxygen atoms in total. The van der Waals surface area contributed by atoms with E-state index in [1.165, 1.54) is 6.20 Å². The lowest BCUT2D eigenvalue weighted by molar-refractivity contribution is -0.0888. The first-order valence-corrected chi connectivity index (χ1v) is 10.1. The second-order valence-corrected chi connectivity index (χ2v) is 10.1. The Morgan fingerprint density at radius 2 is 2.00 bits per heavy atom. The first-order valence-electron chi connectivity index (χ1n) is 7.69. The number of alkyl halides is 2. The predicted octanol–water partition coefficient (Wildman–Crippen LogP) is 2.59. The van der Waals surface area contributed by atoms with Crippen molar-refractivity contribution in [3.05, 3.63) is 22.9 Å². The molecule has 2 aromatic heterocycles. The van der Waals surface area contributed by atoms with Crippen LogP contribution in [0.5, 0.6) is 0 Å². The zero-order chi connectivity index (χ0) is 18.2. The molecule has 2 aliphatic carbocycles. The SMILES string of the molecule is CC1(C)C(c2nc(C3CC(F)(F)C3)no2)C1c1ncc(S(N)(=O)=O)s1. The average Bonchev–Trinajstić information content (AvgIpc) is 2.93. The zero-order valence-corrected chi connectivity index (χ0v) is 15.1. The molecule has 136 valence electrons. The van der Waals surface area contributed by atoms with Gasteiger partial charge in [0.15, 0.2) is 10.0 Å². The molecule has 11 heteroatoms. The fraction of sp³-hybridized carbons (Fsp3) is 0.643. The number of rotatable bonds is 4. The summed E-state index contributed by atoms with van der Waals surface area (Å²) < 4.78 is 54.2. The third kappa shape index (κ3) is 2.77. The quantitative estimate of drug-likeness (QED) is 0.859. The van der Waals surface area contributed by atoms with Crippen LogP contribution >= 0.6 is 11.3 Å². The lowest BCUT2D eigenvalue weighted by Crippen LogP contribution is -2.34. The van der Waals surface area contributed by atoms with Gasteiger partial charge in [0.2, 0.25) is 21.8 Å². The van der Waals surface area contributed by atoms with E-state index in [2.05, 4.69) is 15.1 Å². The van der Waals surface area contributed by atoms with Crippen molar-refractivity contribution in [3.63, 3.8) is 0 Å². The molecule has 0 amide bonds. The molecule has 0 aliphatic heterocycles. The Balaban J connectivity index is 1.56. The van der Waals surface area contributed by atoms with Gasteiger partial charge in [-0.05, 0) is 5.41 Å². The lowest BCUT2D eigenvalue weighted by Gasteiger charge is -2.32. The Kier molecular flexibility index (Phi) is 3.42. The number of aromatic nitrogens is 3. The summed E-state index contributed by atoms with van der Waals surface area (Å²) in [6, 6.07) is 0. The molecule has 2 unspecified atom stereocenters. The van der Waals surface area contributed by atoms with Crippen molar-refractivity contribution < 1.29 is 21.7 Å². The van der Waals surface area contributed by atoms with Gasteiger partial charge in [0, 0.05) is 24.7 Å². The molecule has 0 radical (unpaired) electrons. The van der Waals surface area contributed by atoms with Crippen molar-refractivity contribution in [1.82, 2.24) is 15.1 Å². The number of nitrogens with zero attached hydrogens (tertiary/aromatic N) is 3. The number of hydrogen-bond donors (Lipinski definition) is 1. The molecule has 0 spiro atoms. The van der Waals surface area contributed by atoms with Crippen molar-refractivity contribution in [1.29, 1.82) is 0 Å². The highest BCUT2D eigenvalue weighted by molar-refractivity contribution is 7.91. The molecule has 2 atom stereocenters. The Bertz CT molecular complexity index is 930. The van der Waals surface area contributed by atoms with Crippen LogP contribution in [0, 0.1) is 5.41 Å². The molecule has 4 rings (SSSR count). The minimum atomic E-state index is -3.79. The first-order chi connectivity index (χ1) is 11.5. The smallest absolute Gasteiger partial charge is 0.249 e. The molecule has 0 bridgehead atoms. The molecule has 0 saturated heterocycles. The molecular formula is C14H16F2N4O3S2. The maximum Gasteiger partial charge on any atom is 0.249 e. The standard InChI is InChI=1S/C14H16F2N4O3S2/c1-13(2)8(9(13)12-18-5-7(24-12)25(17,21)22)11-19-10(20-23-11)6-3-14(15,16)4-6/h5-6,8-9H,3-4H2,1-2H3,(H2,17,21,22). The average molecular weight is 390 g/mol. The molecule has 2 heterocycles. The molecular weight excluding hydrogens is 374 g/mol. The minimum absolute atomic E-state index is 0.00636. The summed E-state index contributed by atoms with van der Waals surface area (Å²) in [7, 11) is -3.79. The topological polar surface area (TPSA) is 112 Å². The van der Waals surface area contributed by atoms with Gasteiger partial charge < -0.3 is 4.52 Å². The van der Waals surface area contributed by atoms with Gasteiger partial charge in [0.25, 0.3) is 0 Å². The van der Waals surface area contributed by atoms with Gasteiger partial charge in [-0.1, -0.05) is 19.0 Å². The first kappa shape index (κ1) is 17.0. The van der Waals surface area contributed by atoms with E-state index in [1.54, 1.807) is 0 Å². The third-order valence-electron chi connectivity index (χ3n) is 5.05. The van der Waals surface area contributed by atoms with Crippen LogP contribution in [-0.2, 0) is 10.0 Å². The van der Waals surface area contributed by atoms with Crippen molar-refractivity contribution in [2.24, 2.45) is 10.6 Å². The molecule has 2 aliphatic rings. The summed E-state index contributed by atoms with van der Waals surface area (Å²) in [5.41, 5.74) is -0.249. The van der Waals surface area contributed by atoms with Crippen LogP contribution in [0.3, 0.4) is 0 Å². The largest absolute Gasteiger partial charge is 0.339 e. The Hall–Kier alpha value is -1.46. The number of halogens is 2. The fourth-order valence-electron chi connectivity index (χ4n) is 3.49. The van der Waals surface area contributed by atoms with Gasteiger partial charge in [0.1, 0.15) is 0 Å². The van der Waals surface area contributed by atoms with E-state index >= 15 is 0 Å². The van der Waals surface area contributed by atoms with E-state index < -0.39 is 15.9 Å². The van der Waals surface area contributed by atoms with Gasteiger partial charge in [-0.15, -0.1) is 11.3 Å². The van der Waals surface area contributed by atoms with E-state index in [9.17, 15) is 17.2 Å². The van der Waals surface area contributed by atoms with E-state index in [0.29, 0.717) is 16.7 Å². The number of hydrogen-bond acceptors (Lipinski definition) is 7. The maximum atomic E-state index is 13.0. The summed E-state index contributed by atoms with van der Waals surface area (Å²) >= 11 is 1.03. The summed E-state index contributed by atoms with van der Waals surface area (Å²) in [4.78, 5) is 8.48. The van der Waals surface area contributed by atoms with Crippen LogP contribution in [0.1, 0.15) is 61.2 Å². The Morgan fingerprint density at radius 1 is 1.32 bits per heavy atom. The van der Waals surface area contributed by atoms with Crippen molar-refractivity contribution in [2.75, 3.05) is 0 Å². The van der Waals surface area contributed by atoms with E-state index in [4.69, 9.17) is 9.66 Å². The van der Waals surface area contributed by atoms with Gasteiger partial charge in [-0.3, -0.25) is 0 Å². The molecule has 2 saturated carbocycles. The van der Waals surface area contributed by atoms with Crippen molar-refractivity contribution in [3.8, 4) is 0 Å². The summed E-state index contributed by atoms with van der Waals surface area (Å²) in [6.45, 7) is 3.98. The van der Waals surface area contributed by atoms with Crippen LogP contribution < -0.4 is 5.14 Å². The lowest BCUT2D eigenvalue weighted by atomic mass is 9.81. The van der Waals surface area contributed by atoms with Crippen molar-refractivity contribution in [2.45, 2.75) is 54.6 Å². The summed E-state index contributed by atoms with van der Waals surface area (Å²) in [5.74, 6) is -2.53. The molecule has 0 aromatic carbocycles. The Labute approximate surface area is 146 Å². The second-order valence-electron chi connectivity index (χ2n) is 7.29. The summed E-state index contributed by atoms with van der Waals surface area (Å²) in [5, 5.41) is 9.61. The highest BCUT2D eigenvalue weighted by Crippen LogP contribution is 2.70. The van der Waals surface area contributed by atoms with Gasteiger partial charge in [-0.25, -0.2) is 27.3 Å². The zero-order valence-electron chi connectivity index (χ0n) is 13.4. The summed E-state index contributed by atoms with van der Waals surface area (Å²) in [6.07, 6.45) is 0.734. The maximum absolute atomic E-state index is 13.0. The van der Waals surface area contributed by atoms with Crippen LogP contribution in [0.2, 0.25) is 0 Å². The molecule has 2 fully saturated rings. The normalized spacial score (nSPS) is 27.9. The van der Waals surface area contributed by atoms with Gasteiger partial charge in [-0.2, -0.15) is 4.98 Å². The number of thiazole rings is 1. The van der Waals surface area contributed by atoms with Crippen LogP contribution in [0.4, 0.5) is 8.78 Å². The Morgan fingerprint density at radius 3 is 2.56 bits per heavy atom. The molecule has 25 heavy (non-hydrogen) atoms. The molecule has 2 N–H and O–H groups in total. The van der Waals surface area contributed by atoms with E-state index in [0.717, 1.165) is 11.3 Å². The number of primary sulfonamides is 1. The van der Waals surface area contributed by atoms with Crippen LogP contribution in [-0.4, -0.2) is 29.5 Å². The third-order valence-corrected chi connectivity index (χ3v) is 7.54. The van der Waals surface area contributed by atoms with E-state index in [-0.39, 0.29) is 40.2 Å². The number of nitrogens with two attached hydrogens (primary N) is 1. The highest BCUT2D eigenvalue weighted by Gasteiger charge is 2.63. The van der Waals surface area contributed by atoms with E-state index in [1.807, 2.05) is 13.8 Å². The highest BCUT2D eigenvalue weighted by atomic mass is 32.2. The predicted molar refractivity (Wildman–Crippen MR) is 84.0 cm³/mol. The number of sulfonamides is 1. The van der Waals surface area contributed by atoms with Gasteiger partial charge in [0.05, 0.1) is 17.1 Å². The van der Waals surface area contributed by atoms with Crippen LogP contribution in [0.15, 0.2) is 14.9 Å². The monoisotopic (exact) mass is 390 g/mol. The van der Waals surface area contributed by atoms with Crippen molar-refractivity contribution >= 4 is 21.4 Å². The van der Waals surface area contributed by atoms with Crippen LogP contribution in [0.25, 0.3) is 0 Å². The second kappa shape index (κ2) is 5.04.